The van der Waals surface area contributed by atoms with E-state index in [9.17, 15) is 13.2 Å². The van der Waals surface area contributed by atoms with Crippen molar-refractivity contribution in [3.63, 3.8) is 0 Å². The fourth-order valence-corrected chi connectivity index (χ4v) is 3.36. The molecule has 3 aromatic rings. The van der Waals surface area contributed by atoms with Crippen molar-refractivity contribution in [2.24, 2.45) is 5.14 Å². The standard InChI is InChI=1S/C13H9Cl2N5O3S/c14-8-2-1-7(3-10(8)24(16,22)23)9(21)4-20-6-19-11-12(15)17-5-18-13(11)20/h1-3,5-6H,4H2,(H2,16,22,23). The van der Waals surface area contributed by atoms with Crippen LogP contribution in [0, 0.1) is 0 Å². The van der Waals surface area contributed by atoms with Gasteiger partial charge < -0.3 is 4.57 Å². The topological polar surface area (TPSA) is 121 Å². The van der Waals surface area contributed by atoms with Gasteiger partial charge in [-0.3, -0.25) is 4.79 Å². The van der Waals surface area contributed by atoms with Crippen molar-refractivity contribution >= 4 is 50.2 Å². The fourth-order valence-electron chi connectivity index (χ4n) is 2.11. The number of primary sulfonamides is 1. The molecule has 0 fully saturated rings. The Kier molecular flexibility index (Phi) is 4.26. The number of nitrogens with two attached hydrogens (primary N) is 1. The molecule has 0 atom stereocenters. The molecule has 0 amide bonds. The quantitative estimate of drug-likeness (QED) is 0.538. The molecular formula is C13H9Cl2N5O3S. The number of fused-ring (bicyclic) bond motifs is 1. The molecule has 0 aliphatic carbocycles. The van der Waals surface area contributed by atoms with Gasteiger partial charge in [-0.25, -0.2) is 28.5 Å². The van der Waals surface area contributed by atoms with Crippen molar-refractivity contribution < 1.29 is 13.2 Å². The van der Waals surface area contributed by atoms with Gasteiger partial charge in [-0.05, 0) is 18.2 Å². The largest absolute Gasteiger partial charge is 0.307 e. The van der Waals surface area contributed by atoms with Crippen LogP contribution in [0.5, 0.6) is 0 Å². The highest BCUT2D eigenvalue weighted by Gasteiger charge is 2.18. The molecule has 8 nitrogen and oxygen atoms in total. The zero-order valence-electron chi connectivity index (χ0n) is 11.8. The summed E-state index contributed by atoms with van der Waals surface area (Å²) in [7, 11) is -4.03. The Hall–Kier alpha value is -2.07. The van der Waals surface area contributed by atoms with Crippen LogP contribution in [-0.2, 0) is 16.6 Å². The molecule has 0 radical (unpaired) electrons. The second-order valence-electron chi connectivity index (χ2n) is 4.82. The minimum Gasteiger partial charge on any atom is -0.307 e. The van der Waals surface area contributed by atoms with Crippen molar-refractivity contribution in [2.45, 2.75) is 11.4 Å². The van der Waals surface area contributed by atoms with E-state index in [-0.39, 0.29) is 33.0 Å². The van der Waals surface area contributed by atoms with E-state index in [1.807, 2.05) is 0 Å². The summed E-state index contributed by atoms with van der Waals surface area (Å²) in [6.45, 7) is -0.116. The van der Waals surface area contributed by atoms with Crippen LogP contribution >= 0.6 is 23.2 Å². The highest BCUT2D eigenvalue weighted by Crippen LogP contribution is 2.22. The van der Waals surface area contributed by atoms with E-state index in [2.05, 4.69) is 15.0 Å². The molecule has 2 N–H and O–H groups in total. The third-order valence-corrected chi connectivity index (χ3v) is 4.90. The van der Waals surface area contributed by atoms with Crippen LogP contribution in [0.3, 0.4) is 0 Å². The summed E-state index contributed by atoms with van der Waals surface area (Å²) in [5.41, 5.74) is 0.905. The first kappa shape index (κ1) is 16.8. The summed E-state index contributed by atoms with van der Waals surface area (Å²) >= 11 is 11.7. The first-order valence-corrected chi connectivity index (χ1v) is 8.74. The zero-order valence-corrected chi connectivity index (χ0v) is 14.2. The van der Waals surface area contributed by atoms with Crippen molar-refractivity contribution in [1.29, 1.82) is 0 Å². The SMILES string of the molecule is NS(=O)(=O)c1cc(C(=O)Cn2cnc3c(Cl)ncnc32)ccc1Cl. The first-order valence-electron chi connectivity index (χ1n) is 6.44. The van der Waals surface area contributed by atoms with Crippen LogP contribution in [0.1, 0.15) is 10.4 Å². The number of Topliss-reactive ketones (excluding diaryl/α,β-unsaturated/α-hetero) is 1. The number of aromatic nitrogens is 4. The third kappa shape index (κ3) is 3.11. The predicted molar refractivity (Wildman–Crippen MR) is 87.5 cm³/mol. The molecule has 0 saturated carbocycles. The van der Waals surface area contributed by atoms with Crippen LogP contribution < -0.4 is 5.14 Å². The number of carbonyl (C=O) groups excluding carboxylic acids is 1. The Balaban J connectivity index is 1.97. The Morgan fingerprint density at radius 3 is 2.67 bits per heavy atom. The number of halogens is 2. The van der Waals surface area contributed by atoms with Gasteiger partial charge in [-0.1, -0.05) is 23.2 Å². The lowest BCUT2D eigenvalue weighted by molar-refractivity contribution is 0.0973. The summed E-state index contributed by atoms with van der Waals surface area (Å²) in [5, 5.41) is 5.20. The predicted octanol–water partition coefficient (Wildman–Crippen LogP) is 1.66. The number of carbonyl (C=O) groups is 1. The molecule has 0 unspecified atom stereocenters. The van der Waals surface area contributed by atoms with E-state index in [0.717, 1.165) is 6.07 Å². The molecule has 1 aromatic carbocycles. The Labute approximate surface area is 146 Å². The molecule has 0 aliphatic rings. The summed E-state index contributed by atoms with van der Waals surface area (Å²) in [4.78, 5) is 24.0. The van der Waals surface area contributed by atoms with Crippen LogP contribution in [0.2, 0.25) is 10.2 Å². The van der Waals surface area contributed by atoms with Gasteiger partial charge in [0.1, 0.15) is 16.7 Å². The lowest BCUT2D eigenvalue weighted by Gasteiger charge is -2.06. The van der Waals surface area contributed by atoms with Gasteiger partial charge in [0, 0.05) is 5.56 Å². The molecule has 0 spiro atoms. The van der Waals surface area contributed by atoms with Crippen LogP contribution in [0.15, 0.2) is 35.7 Å². The number of imidazole rings is 1. The molecular weight excluding hydrogens is 377 g/mol. The minimum atomic E-state index is -4.03. The summed E-state index contributed by atoms with van der Waals surface area (Å²) in [6.07, 6.45) is 2.66. The number of hydrogen-bond acceptors (Lipinski definition) is 6. The molecule has 2 heterocycles. The van der Waals surface area contributed by atoms with E-state index >= 15 is 0 Å². The Morgan fingerprint density at radius 1 is 1.21 bits per heavy atom. The monoisotopic (exact) mass is 385 g/mol. The number of sulfonamides is 1. The number of rotatable bonds is 4. The van der Waals surface area contributed by atoms with E-state index in [1.165, 1.54) is 29.4 Å². The van der Waals surface area contributed by atoms with Gasteiger partial charge in [0.05, 0.1) is 17.9 Å². The lowest BCUT2D eigenvalue weighted by Crippen LogP contribution is -2.15. The molecule has 0 aliphatic heterocycles. The summed E-state index contributed by atoms with van der Waals surface area (Å²) in [6, 6.07) is 3.86. The second kappa shape index (κ2) is 6.10. The van der Waals surface area contributed by atoms with Gasteiger partial charge >= 0.3 is 0 Å². The van der Waals surface area contributed by atoms with E-state index < -0.39 is 10.0 Å². The highest BCUT2D eigenvalue weighted by molar-refractivity contribution is 7.89. The molecule has 24 heavy (non-hydrogen) atoms. The normalized spacial score (nSPS) is 11.8. The Bertz CT molecular complexity index is 1060. The third-order valence-electron chi connectivity index (χ3n) is 3.23. The van der Waals surface area contributed by atoms with Crippen molar-refractivity contribution in [3.8, 4) is 0 Å². The summed E-state index contributed by atoms with van der Waals surface area (Å²) < 4.78 is 24.5. The second-order valence-corrected chi connectivity index (χ2v) is 7.12. The zero-order chi connectivity index (χ0) is 17.5. The number of ketones is 1. The van der Waals surface area contributed by atoms with E-state index in [0.29, 0.717) is 11.2 Å². The van der Waals surface area contributed by atoms with Gasteiger partial charge in [0.2, 0.25) is 10.0 Å². The Morgan fingerprint density at radius 2 is 1.96 bits per heavy atom. The van der Waals surface area contributed by atoms with Gasteiger partial charge in [0.25, 0.3) is 0 Å². The van der Waals surface area contributed by atoms with Crippen LogP contribution in [-0.4, -0.2) is 33.7 Å². The van der Waals surface area contributed by atoms with Crippen LogP contribution in [0.25, 0.3) is 11.2 Å². The molecule has 11 heteroatoms. The van der Waals surface area contributed by atoms with E-state index in [4.69, 9.17) is 28.3 Å². The van der Waals surface area contributed by atoms with Gasteiger partial charge in [-0.15, -0.1) is 0 Å². The average molecular weight is 386 g/mol. The molecule has 3 rings (SSSR count). The maximum absolute atomic E-state index is 12.4. The highest BCUT2D eigenvalue weighted by atomic mass is 35.5. The molecule has 0 bridgehead atoms. The fraction of sp³-hybridized carbons (Fsp3) is 0.0769. The maximum Gasteiger partial charge on any atom is 0.239 e. The van der Waals surface area contributed by atoms with Crippen molar-refractivity contribution in [2.75, 3.05) is 0 Å². The average Bonchev–Trinajstić information content (AvgIpc) is 2.91. The number of benzene rings is 1. The number of hydrogen-bond donors (Lipinski definition) is 1. The first-order chi connectivity index (χ1) is 11.3. The van der Waals surface area contributed by atoms with Gasteiger partial charge in [0.15, 0.2) is 16.6 Å². The van der Waals surface area contributed by atoms with Crippen molar-refractivity contribution in [3.05, 3.63) is 46.6 Å². The van der Waals surface area contributed by atoms with Crippen LogP contribution in [0.4, 0.5) is 0 Å². The molecule has 0 saturated heterocycles. The number of nitrogens with zero attached hydrogens (tertiary/aromatic N) is 4. The summed E-state index contributed by atoms with van der Waals surface area (Å²) in [5.74, 6) is -0.370. The molecule has 2 aromatic heterocycles. The lowest BCUT2D eigenvalue weighted by atomic mass is 10.1. The smallest absolute Gasteiger partial charge is 0.239 e. The van der Waals surface area contributed by atoms with Gasteiger partial charge in [-0.2, -0.15) is 0 Å². The maximum atomic E-state index is 12.4. The van der Waals surface area contributed by atoms with E-state index in [1.54, 1.807) is 0 Å². The minimum absolute atomic E-state index is 0.0540. The van der Waals surface area contributed by atoms with Crippen molar-refractivity contribution in [1.82, 2.24) is 19.5 Å². The molecule has 124 valence electrons.